The molecule has 0 aromatic carbocycles. The van der Waals surface area contributed by atoms with Crippen molar-refractivity contribution in [2.24, 2.45) is 0 Å². The van der Waals surface area contributed by atoms with Crippen LogP contribution in [0, 0.1) is 0 Å². The molecule has 0 heterocycles. The molecule has 0 fully saturated rings. The Hall–Kier alpha value is -4.19. The van der Waals surface area contributed by atoms with Crippen LogP contribution >= 0.6 is 0 Å². The van der Waals surface area contributed by atoms with Crippen LogP contribution < -0.4 is 0 Å². The summed E-state index contributed by atoms with van der Waals surface area (Å²) < 4.78 is 16.7. The zero-order valence-corrected chi connectivity index (χ0v) is 42.4. The second-order valence-corrected chi connectivity index (χ2v) is 17.1. The number of carbonyl (C=O) groups excluding carboxylic acids is 3. The second-order valence-electron chi connectivity index (χ2n) is 17.1. The van der Waals surface area contributed by atoms with Gasteiger partial charge in [-0.25, -0.2) is 0 Å². The normalized spacial score (nSPS) is 13.1. The average Bonchev–Trinajstić information content (AvgIpc) is 3.31. The van der Waals surface area contributed by atoms with Gasteiger partial charge in [0.25, 0.3) is 0 Å². The Balaban J connectivity index is 4.59. The van der Waals surface area contributed by atoms with Crippen LogP contribution in [0.4, 0.5) is 0 Å². The fourth-order valence-electron chi connectivity index (χ4n) is 6.77. The summed E-state index contributed by atoms with van der Waals surface area (Å²) in [6.07, 6.45) is 73.4. The average molecular weight is 913 g/mol. The number of carbonyl (C=O) groups is 3. The lowest BCUT2D eigenvalue weighted by molar-refractivity contribution is -0.166. The molecular weight excluding hydrogens is 817 g/mol. The van der Waals surface area contributed by atoms with E-state index in [1.54, 1.807) is 0 Å². The van der Waals surface area contributed by atoms with Gasteiger partial charge in [-0.05, 0) is 103 Å². The Kier molecular flexibility index (Phi) is 50.0. The highest BCUT2D eigenvalue weighted by Crippen LogP contribution is 2.11. The summed E-state index contributed by atoms with van der Waals surface area (Å²) in [6, 6.07) is 0. The second kappa shape index (κ2) is 53.4. The third-order valence-corrected chi connectivity index (χ3v) is 10.7. The Morgan fingerprint density at radius 3 is 1.18 bits per heavy atom. The molecule has 0 aliphatic carbocycles. The van der Waals surface area contributed by atoms with Crippen molar-refractivity contribution in [3.8, 4) is 0 Å². The molecule has 0 aliphatic rings. The van der Waals surface area contributed by atoms with Gasteiger partial charge < -0.3 is 14.2 Å². The first-order chi connectivity index (χ1) is 32.5. The van der Waals surface area contributed by atoms with Gasteiger partial charge in [0.15, 0.2) is 6.10 Å². The van der Waals surface area contributed by atoms with Crippen LogP contribution in [0.15, 0.2) is 122 Å². The number of ether oxygens (including phenoxy) is 3. The Bertz CT molecular complexity index is 1420. The molecule has 66 heavy (non-hydrogen) atoms. The zero-order valence-electron chi connectivity index (χ0n) is 42.4. The maximum absolute atomic E-state index is 12.8. The third kappa shape index (κ3) is 50.8. The molecular formula is C60H96O6. The summed E-state index contributed by atoms with van der Waals surface area (Å²) in [6.45, 7) is 6.37. The van der Waals surface area contributed by atoms with Gasteiger partial charge in [0.1, 0.15) is 13.2 Å². The summed E-state index contributed by atoms with van der Waals surface area (Å²) in [5.41, 5.74) is 0. The summed E-state index contributed by atoms with van der Waals surface area (Å²) in [7, 11) is 0. The summed E-state index contributed by atoms with van der Waals surface area (Å²) >= 11 is 0. The molecule has 0 N–H and O–H groups in total. The number of unbranched alkanes of at least 4 members (excludes halogenated alkanes) is 17. The van der Waals surface area contributed by atoms with E-state index in [9.17, 15) is 14.4 Å². The van der Waals surface area contributed by atoms with Crippen molar-refractivity contribution in [1.29, 1.82) is 0 Å². The van der Waals surface area contributed by atoms with Gasteiger partial charge in [-0.15, -0.1) is 0 Å². The van der Waals surface area contributed by atoms with Gasteiger partial charge in [0.05, 0.1) is 0 Å². The lowest BCUT2D eigenvalue weighted by atomic mass is 10.1. The van der Waals surface area contributed by atoms with Crippen molar-refractivity contribution in [2.45, 2.75) is 226 Å². The largest absolute Gasteiger partial charge is 0.462 e. The molecule has 0 amide bonds. The van der Waals surface area contributed by atoms with Crippen LogP contribution in [-0.2, 0) is 28.6 Å². The zero-order chi connectivity index (χ0) is 47.9. The number of allylic oxidation sites excluding steroid dienone is 20. The molecule has 0 aromatic heterocycles. The molecule has 0 radical (unpaired) electrons. The highest BCUT2D eigenvalue weighted by atomic mass is 16.6. The molecule has 6 heteroatoms. The van der Waals surface area contributed by atoms with Crippen molar-refractivity contribution in [2.75, 3.05) is 13.2 Å². The quantitative estimate of drug-likeness (QED) is 0.0199. The molecule has 0 spiro atoms. The lowest BCUT2D eigenvalue weighted by Gasteiger charge is -2.18. The van der Waals surface area contributed by atoms with E-state index in [2.05, 4.69) is 136 Å². The molecule has 0 saturated heterocycles. The smallest absolute Gasteiger partial charge is 0.306 e. The SMILES string of the molecule is CC/C=C\C/C=C\C/C=C\C/C=C\C/C=C\CCCC(=O)OC(COC(=O)CC/C=C\C/C=C\CCCCCCCC)COC(=O)CCCCCCC\C=C/C=C\C=C/CCCCCCC. The molecule has 1 atom stereocenters. The van der Waals surface area contributed by atoms with Crippen LogP contribution in [0.3, 0.4) is 0 Å². The van der Waals surface area contributed by atoms with E-state index in [1.807, 2.05) is 6.08 Å². The van der Waals surface area contributed by atoms with E-state index >= 15 is 0 Å². The molecule has 0 rings (SSSR count). The molecule has 6 nitrogen and oxygen atoms in total. The number of esters is 3. The highest BCUT2D eigenvalue weighted by Gasteiger charge is 2.19. The predicted octanol–water partition coefficient (Wildman–Crippen LogP) is 17.7. The van der Waals surface area contributed by atoms with Crippen LogP contribution in [-0.4, -0.2) is 37.2 Å². The highest BCUT2D eigenvalue weighted by molar-refractivity contribution is 5.71. The van der Waals surface area contributed by atoms with E-state index < -0.39 is 12.1 Å². The molecule has 1 unspecified atom stereocenters. The maximum Gasteiger partial charge on any atom is 0.306 e. The van der Waals surface area contributed by atoms with Crippen molar-refractivity contribution in [3.05, 3.63) is 122 Å². The van der Waals surface area contributed by atoms with Crippen LogP contribution in [0.5, 0.6) is 0 Å². The number of rotatable bonds is 46. The Morgan fingerprint density at radius 1 is 0.333 bits per heavy atom. The monoisotopic (exact) mass is 913 g/mol. The number of hydrogen-bond acceptors (Lipinski definition) is 6. The van der Waals surface area contributed by atoms with E-state index in [0.717, 1.165) is 96.3 Å². The standard InChI is InChI=1S/C60H96O6/c1-4-7-10-13-16-19-22-25-27-29-31-32-35-38-41-44-47-50-53-59(62)65-56-57(55-64-58(61)52-49-46-43-40-37-34-24-21-18-15-12-9-6-3)66-60(63)54-51-48-45-42-39-36-33-30-28-26-23-20-17-14-11-8-5-2/h8,11,17,20,22,25-29,31-34,36-37,42-43,45-46,57H,4-7,9-10,12-16,18-19,21,23-24,30,35,38-41,44,47-56H2,1-3H3/b11-8-,20-17-,25-22-,28-26-,29-27-,32-31-,36-33-,37-34-,45-42-,46-43-. The van der Waals surface area contributed by atoms with E-state index in [1.165, 1.54) is 70.6 Å². The molecule has 372 valence electrons. The van der Waals surface area contributed by atoms with Gasteiger partial charge in [-0.3, -0.25) is 14.4 Å². The van der Waals surface area contributed by atoms with E-state index in [-0.39, 0.29) is 38.0 Å². The molecule has 0 bridgehead atoms. The first-order valence-electron chi connectivity index (χ1n) is 26.6. The minimum atomic E-state index is -0.842. The van der Waals surface area contributed by atoms with Crippen molar-refractivity contribution in [3.63, 3.8) is 0 Å². The third-order valence-electron chi connectivity index (χ3n) is 10.7. The van der Waals surface area contributed by atoms with E-state index in [4.69, 9.17) is 14.2 Å². The Morgan fingerprint density at radius 2 is 0.697 bits per heavy atom. The molecule has 0 aromatic rings. The number of hydrogen-bond donors (Lipinski definition) is 0. The van der Waals surface area contributed by atoms with Gasteiger partial charge in [-0.1, -0.05) is 219 Å². The van der Waals surface area contributed by atoms with Crippen LogP contribution in [0.1, 0.15) is 220 Å². The lowest BCUT2D eigenvalue weighted by Crippen LogP contribution is -2.30. The topological polar surface area (TPSA) is 78.9 Å². The Labute approximate surface area is 405 Å². The van der Waals surface area contributed by atoms with Crippen molar-refractivity contribution in [1.82, 2.24) is 0 Å². The van der Waals surface area contributed by atoms with Crippen LogP contribution in [0.25, 0.3) is 0 Å². The fourth-order valence-corrected chi connectivity index (χ4v) is 6.77. The fraction of sp³-hybridized carbons (Fsp3) is 0.617. The maximum atomic E-state index is 12.8. The summed E-state index contributed by atoms with van der Waals surface area (Å²) in [4.78, 5) is 38.0. The van der Waals surface area contributed by atoms with Gasteiger partial charge in [0, 0.05) is 19.3 Å². The van der Waals surface area contributed by atoms with Crippen molar-refractivity contribution >= 4 is 17.9 Å². The van der Waals surface area contributed by atoms with Crippen molar-refractivity contribution < 1.29 is 28.6 Å². The molecule has 0 saturated carbocycles. The van der Waals surface area contributed by atoms with Gasteiger partial charge in [0.2, 0.25) is 0 Å². The molecule has 0 aliphatic heterocycles. The summed E-state index contributed by atoms with van der Waals surface area (Å²) in [5.74, 6) is -1.09. The van der Waals surface area contributed by atoms with E-state index in [0.29, 0.717) is 19.3 Å². The van der Waals surface area contributed by atoms with Gasteiger partial charge in [-0.2, -0.15) is 0 Å². The van der Waals surface area contributed by atoms with Crippen LogP contribution in [0.2, 0.25) is 0 Å². The minimum absolute atomic E-state index is 0.132. The minimum Gasteiger partial charge on any atom is -0.462 e. The van der Waals surface area contributed by atoms with Gasteiger partial charge >= 0.3 is 17.9 Å². The first kappa shape index (κ1) is 61.8. The first-order valence-corrected chi connectivity index (χ1v) is 26.6. The predicted molar refractivity (Wildman–Crippen MR) is 283 cm³/mol. The summed E-state index contributed by atoms with van der Waals surface area (Å²) in [5, 5.41) is 0.